The number of nitrogens with one attached hydrogen (secondary N) is 4. The predicted molar refractivity (Wildman–Crippen MR) is 165 cm³/mol. The Morgan fingerprint density at radius 3 is 2.23 bits per heavy atom. The molecule has 3 rings (SSSR count). The lowest BCUT2D eigenvalue weighted by Gasteiger charge is -2.30. The maximum atomic E-state index is 13.8. The van der Waals surface area contributed by atoms with E-state index in [4.69, 9.17) is 9.47 Å². The number of amides is 3. The lowest BCUT2D eigenvalue weighted by atomic mass is 10.00. The summed E-state index contributed by atoms with van der Waals surface area (Å²) in [5.41, 5.74) is 0.667. The highest BCUT2D eigenvalue weighted by Gasteiger charge is 2.35. The summed E-state index contributed by atoms with van der Waals surface area (Å²) in [6, 6.07) is 15.6. The molecule has 10 nitrogen and oxygen atoms in total. The fourth-order valence-corrected chi connectivity index (χ4v) is 4.60. The van der Waals surface area contributed by atoms with Gasteiger partial charge in [-0.1, -0.05) is 48.5 Å². The molecular formula is C33H44N4O6. The molecule has 0 aliphatic rings. The van der Waals surface area contributed by atoms with Crippen LogP contribution in [0.4, 0.5) is 4.79 Å². The van der Waals surface area contributed by atoms with E-state index in [-0.39, 0.29) is 13.0 Å². The minimum Gasteiger partial charge on any atom is -0.464 e. The van der Waals surface area contributed by atoms with Crippen molar-refractivity contribution in [1.82, 2.24) is 20.9 Å². The number of alkyl carbamates (subject to hydrolysis) is 1. The van der Waals surface area contributed by atoms with Crippen LogP contribution >= 0.6 is 0 Å². The van der Waals surface area contributed by atoms with Crippen molar-refractivity contribution in [3.8, 4) is 0 Å². The Hall–Kier alpha value is -4.34. The normalized spacial score (nSPS) is 13.1. The van der Waals surface area contributed by atoms with Gasteiger partial charge in [0.25, 0.3) is 0 Å². The van der Waals surface area contributed by atoms with Crippen LogP contribution in [-0.4, -0.2) is 58.7 Å². The zero-order valence-electron chi connectivity index (χ0n) is 25.9. The quantitative estimate of drug-likeness (QED) is 0.215. The van der Waals surface area contributed by atoms with Crippen LogP contribution in [0.15, 0.2) is 60.8 Å². The Labute approximate surface area is 253 Å². The number of para-hydroxylation sites is 1. The lowest BCUT2D eigenvalue weighted by molar-refractivity contribution is -0.148. The molecular weight excluding hydrogens is 548 g/mol. The van der Waals surface area contributed by atoms with E-state index in [9.17, 15) is 19.2 Å². The number of carbonyl (C=O) groups excluding carboxylic acids is 4. The van der Waals surface area contributed by atoms with Crippen molar-refractivity contribution in [2.24, 2.45) is 0 Å². The third-order valence-electron chi connectivity index (χ3n) is 6.79. The standard InChI is InChI=1S/C33H44N4O6/c1-7-42-29(39)26(19-13-16-22-14-9-8-10-15-22)35-28(38)27(20-23-21-34-25-18-12-11-17-24(23)25)36-30(40)33(5,6)37-31(41)43-32(2,3)4/h8-12,14-15,17-18,21,26-27,34H,7,13,16,19-20H2,1-6H3,(H,35,38)(H,36,40)(H,37,41)/t26-,27?/m0/s1. The highest BCUT2D eigenvalue weighted by Crippen LogP contribution is 2.20. The van der Waals surface area contributed by atoms with E-state index in [2.05, 4.69) is 20.9 Å². The number of rotatable bonds is 13. The molecule has 0 saturated heterocycles. The van der Waals surface area contributed by atoms with Crippen molar-refractivity contribution in [1.29, 1.82) is 0 Å². The van der Waals surface area contributed by atoms with Crippen molar-refractivity contribution in [3.63, 3.8) is 0 Å². The van der Waals surface area contributed by atoms with Gasteiger partial charge in [0.05, 0.1) is 6.61 Å². The third kappa shape index (κ3) is 10.2. The van der Waals surface area contributed by atoms with Gasteiger partial charge in [0.1, 0.15) is 23.2 Å². The molecule has 0 spiro atoms. The molecule has 1 heterocycles. The maximum absolute atomic E-state index is 13.8. The summed E-state index contributed by atoms with van der Waals surface area (Å²) in [7, 11) is 0. The summed E-state index contributed by atoms with van der Waals surface area (Å²) in [5.74, 6) is -1.66. The second kappa shape index (κ2) is 14.7. The van der Waals surface area contributed by atoms with E-state index in [1.165, 1.54) is 13.8 Å². The highest BCUT2D eigenvalue weighted by atomic mass is 16.6. The highest BCUT2D eigenvalue weighted by molar-refractivity contribution is 5.95. The summed E-state index contributed by atoms with van der Waals surface area (Å²) in [4.78, 5) is 55.7. The van der Waals surface area contributed by atoms with Crippen LogP contribution in [0.1, 0.15) is 65.5 Å². The second-order valence-electron chi connectivity index (χ2n) is 12.0. The Kier molecular flexibility index (Phi) is 11.3. The zero-order chi connectivity index (χ0) is 31.6. The molecule has 4 N–H and O–H groups in total. The molecule has 0 fully saturated rings. The molecule has 0 aliphatic heterocycles. The molecule has 1 unspecified atom stereocenters. The first-order valence-electron chi connectivity index (χ1n) is 14.7. The van der Waals surface area contributed by atoms with Crippen LogP contribution in [-0.2, 0) is 36.7 Å². The summed E-state index contributed by atoms with van der Waals surface area (Å²) in [6.45, 7) is 10.1. The van der Waals surface area contributed by atoms with Crippen molar-refractivity contribution < 1.29 is 28.7 Å². The Balaban J connectivity index is 1.80. The molecule has 232 valence electrons. The van der Waals surface area contributed by atoms with Crippen LogP contribution in [0.3, 0.4) is 0 Å². The number of benzene rings is 2. The van der Waals surface area contributed by atoms with E-state index >= 15 is 0 Å². The van der Waals surface area contributed by atoms with E-state index in [0.29, 0.717) is 12.8 Å². The number of aromatic nitrogens is 1. The molecule has 2 atom stereocenters. The average molecular weight is 593 g/mol. The summed E-state index contributed by atoms with van der Waals surface area (Å²) in [6.07, 6.45) is 2.91. The monoisotopic (exact) mass is 592 g/mol. The van der Waals surface area contributed by atoms with Gasteiger partial charge in [-0.25, -0.2) is 9.59 Å². The van der Waals surface area contributed by atoms with E-state index < -0.39 is 47.1 Å². The average Bonchev–Trinajstić information content (AvgIpc) is 3.34. The molecule has 1 aromatic heterocycles. The third-order valence-corrected chi connectivity index (χ3v) is 6.79. The predicted octanol–water partition coefficient (Wildman–Crippen LogP) is 4.57. The number of esters is 1. The Bertz CT molecular complexity index is 1390. The number of aryl methyl sites for hydroxylation is 1. The van der Waals surface area contributed by atoms with Gasteiger partial charge in [-0.15, -0.1) is 0 Å². The molecule has 0 bridgehead atoms. The van der Waals surface area contributed by atoms with Gasteiger partial charge in [0.15, 0.2) is 0 Å². The molecule has 43 heavy (non-hydrogen) atoms. The van der Waals surface area contributed by atoms with Crippen molar-refractivity contribution in [3.05, 3.63) is 71.9 Å². The van der Waals surface area contributed by atoms with Gasteiger partial charge in [0.2, 0.25) is 11.8 Å². The van der Waals surface area contributed by atoms with Crippen molar-refractivity contribution in [2.75, 3.05) is 6.61 Å². The number of hydrogen-bond acceptors (Lipinski definition) is 6. The van der Waals surface area contributed by atoms with Crippen LogP contribution in [0.25, 0.3) is 10.9 Å². The first kappa shape index (κ1) is 33.2. The zero-order valence-corrected chi connectivity index (χ0v) is 25.9. The molecule has 0 saturated carbocycles. The Morgan fingerprint density at radius 1 is 0.884 bits per heavy atom. The number of carbonyl (C=O) groups is 4. The van der Waals surface area contributed by atoms with Gasteiger partial charge >= 0.3 is 12.1 Å². The van der Waals surface area contributed by atoms with Crippen LogP contribution < -0.4 is 16.0 Å². The van der Waals surface area contributed by atoms with E-state index in [1.54, 1.807) is 33.9 Å². The minimum atomic E-state index is -1.41. The van der Waals surface area contributed by atoms with Crippen molar-refractivity contribution in [2.45, 2.75) is 90.4 Å². The first-order valence-corrected chi connectivity index (χ1v) is 14.7. The van der Waals surface area contributed by atoms with Crippen LogP contribution in [0, 0.1) is 0 Å². The molecule has 3 aromatic rings. The van der Waals surface area contributed by atoms with E-state index in [0.717, 1.165) is 28.5 Å². The van der Waals surface area contributed by atoms with Gasteiger partial charge < -0.3 is 30.4 Å². The SMILES string of the molecule is CCOC(=O)[C@H](CCCc1ccccc1)NC(=O)C(Cc1c[nH]c2ccccc12)NC(=O)C(C)(C)NC(=O)OC(C)(C)C. The van der Waals surface area contributed by atoms with Crippen molar-refractivity contribution >= 4 is 34.8 Å². The van der Waals surface area contributed by atoms with Crippen LogP contribution in [0.5, 0.6) is 0 Å². The number of ether oxygens (including phenoxy) is 2. The van der Waals surface area contributed by atoms with E-state index in [1.807, 2.05) is 54.6 Å². The smallest absolute Gasteiger partial charge is 0.408 e. The summed E-state index contributed by atoms with van der Waals surface area (Å²) in [5, 5.41) is 9.11. The van der Waals surface area contributed by atoms with Gasteiger partial charge in [-0.05, 0) is 78.0 Å². The molecule has 3 amide bonds. The van der Waals surface area contributed by atoms with Gasteiger partial charge in [-0.2, -0.15) is 0 Å². The molecule has 10 heteroatoms. The first-order chi connectivity index (χ1) is 20.3. The fraction of sp³-hybridized carbons (Fsp3) is 0.455. The molecule has 0 radical (unpaired) electrons. The largest absolute Gasteiger partial charge is 0.464 e. The van der Waals surface area contributed by atoms with Crippen LogP contribution in [0.2, 0.25) is 0 Å². The maximum Gasteiger partial charge on any atom is 0.408 e. The van der Waals surface area contributed by atoms with Gasteiger partial charge in [-0.3, -0.25) is 9.59 Å². The molecule has 2 aromatic carbocycles. The fourth-order valence-electron chi connectivity index (χ4n) is 4.60. The molecule has 0 aliphatic carbocycles. The second-order valence-corrected chi connectivity index (χ2v) is 12.0. The number of H-pyrrole nitrogens is 1. The Morgan fingerprint density at radius 2 is 1.56 bits per heavy atom. The number of fused-ring (bicyclic) bond motifs is 1. The summed E-state index contributed by atoms with van der Waals surface area (Å²) >= 11 is 0. The van der Waals surface area contributed by atoms with Gasteiger partial charge in [0, 0.05) is 23.5 Å². The minimum absolute atomic E-state index is 0.143. The summed E-state index contributed by atoms with van der Waals surface area (Å²) < 4.78 is 10.6. The lowest BCUT2D eigenvalue weighted by Crippen LogP contribution is -2.60. The number of hydrogen-bond donors (Lipinski definition) is 4. The number of aromatic amines is 1. The topological polar surface area (TPSA) is 139 Å².